The number of aromatic carboxylic acids is 1. The first-order valence-corrected chi connectivity index (χ1v) is 4.82. The lowest BCUT2D eigenvalue weighted by Crippen LogP contribution is -1.92. The molecule has 0 bridgehead atoms. The van der Waals surface area contributed by atoms with Crippen LogP contribution >= 0.6 is 27.5 Å². The quantitative estimate of drug-likeness (QED) is 0.813. The normalized spacial score (nSPS) is 10.7. The Labute approximate surface area is 92.3 Å². The summed E-state index contributed by atoms with van der Waals surface area (Å²) in [5, 5.41) is 9.16. The summed E-state index contributed by atoms with van der Waals surface area (Å²) in [6.45, 7) is 0. The fraction of sp³-hybridized carbons (Fsp3) is 0. The van der Waals surface area contributed by atoms with Crippen molar-refractivity contribution in [1.82, 2.24) is 9.38 Å². The molecular formula is C8H4BrClN2O2. The van der Waals surface area contributed by atoms with Crippen LogP contribution in [0.5, 0.6) is 0 Å². The van der Waals surface area contributed by atoms with Crippen molar-refractivity contribution in [1.29, 1.82) is 0 Å². The number of halogens is 2. The average Bonchev–Trinajstić information content (AvgIpc) is 2.56. The molecule has 6 heteroatoms. The predicted molar refractivity (Wildman–Crippen MR) is 54.9 cm³/mol. The second-order valence-corrected chi connectivity index (χ2v) is 3.87. The largest absolute Gasteiger partial charge is 0.478 e. The summed E-state index contributed by atoms with van der Waals surface area (Å²) in [7, 11) is 0. The van der Waals surface area contributed by atoms with Gasteiger partial charge >= 0.3 is 5.97 Å². The number of hydrogen-bond donors (Lipinski definition) is 1. The van der Waals surface area contributed by atoms with Crippen molar-refractivity contribution in [2.75, 3.05) is 0 Å². The van der Waals surface area contributed by atoms with Gasteiger partial charge in [-0.25, -0.2) is 9.78 Å². The van der Waals surface area contributed by atoms with Crippen LogP contribution in [0.2, 0.25) is 5.15 Å². The molecular weight excluding hydrogens is 271 g/mol. The van der Waals surface area contributed by atoms with Crippen LogP contribution in [0.15, 0.2) is 22.9 Å². The van der Waals surface area contributed by atoms with Gasteiger partial charge in [0.15, 0.2) is 0 Å². The third-order valence-corrected chi connectivity index (χ3v) is 2.96. The smallest absolute Gasteiger partial charge is 0.337 e. The highest BCUT2D eigenvalue weighted by Gasteiger charge is 2.10. The topological polar surface area (TPSA) is 54.6 Å². The Bertz CT molecular complexity index is 523. The first-order chi connectivity index (χ1) is 6.59. The van der Waals surface area contributed by atoms with Crippen molar-refractivity contribution in [2.45, 2.75) is 0 Å². The minimum atomic E-state index is -0.998. The van der Waals surface area contributed by atoms with Gasteiger partial charge in [0, 0.05) is 12.4 Å². The van der Waals surface area contributed by atoms with Gasteiger partial charge in [-0.15, -0.1) is 0 Å². The van der Waals surface area contributed by atoms with E-state index >= 15 is 0 Å². The molecule has 1 N–H and O–H groups in total. The Morgan fingerprint density at radius 3 is 3.00 bits per heavy atom. The molecule has 0 saturated carbocycles. The molecule has 0 aromatic carbocycles. The van der Waals surface area contributed by atoms with Crippen molar-refractivity contribution in [3.05, 3.63) is 33.6 Å². The Morgan fingerprint density at radius 2 is 2.36 bits per heavy atom. The molecule has 2 heterocycles. The minimum Gasteiger partial charge on any atom is -0.478 e. The number of carboxylic acid groups (broad SMARTS) is 1. The van der Waals surface area contributed by atoms with Gasteiger partial charge in [0.25, 0.3) is 0 Å². The lowest BCUT2D eigenvalue weighted by molar-refractivity contribution is 0.0697. The maximum absolute atomic E-state index is 10.7. The summed E-state index contributed by atoms with van der Waals surface area (Å²) in [6, 6.07) is 1.46. The molecule has 14 heavy (non-hydrogen) atoms. The highest BCUT2D eigenvalue weighted by Crippen LogP contribution is 2.23. The zero-order chi connectivity index (χ0) is 10.3. The predicted octanol–water partition coefficient (Wildman–Crippen LogP) is 2.45. The van der Waals surface area contributed by atoms with Gasteiger partial charge in [-0.1, -0.05) is 11.6 Å². The fourth-order valence-electron chi connectivity index (χ4n) is 1.12. The highest BCUT2D eigenvalue weighted by molar-refractivity contribution is 9.10. The molecule has 0 atom stereocenters. The van der Waals surface area contributed by atoms with Gasteiger partial charge in [-0.2, -0.15) is 0 Å². The lowest BCUT2D eigenvalue weighted by Gasteiger charge is -1.98. The molecule has 2 aromatic rings. The molecule has 0 amide bonds. The van der Waals surface area contributed by atoms with Crippen LogP contribution in [0.25, 0.3) is 5.65 Å². The fourth-order valence-corrected chi connectivity index (χ4v) is 1.59. The first-order valence-electron chi connectivity index (χ1n) is 3.65. The lowest BCUT2D eigenvalue weighted by atomic mass is 10.3. The standard InChI is InChI=1S/C8H4BrClN2O2/c9-5-2-11-6-1-4(8(13)14)3-12(6)7(5)10/h1-3H,(H,13,14). The van der Waals surface area contributed by atoms with E-state index in [4.69, 9.17) is 16.7 Å². The number of hydrogen-bond acceptors (Lipinski definition) is 2. The van der Waals surface area contributed by atoms with E-state index in [1.807, 2.05) is 0 Å². The van der Waals surface area contributed by atoms with E-state index in [2.05, 4.69) is 20.9 Å². The maximum atomic E-state index is 10.7. The third kappa shape index (κ3) is 1.38. The van der Waals surface area contributed by atoms with Crippen molar-refractivity contribution >= 4 is 39.1 Å². The molecule has 0 aliphatic carbocycles. The Kier molecular flexibility index (Phi) is 2.20. The van der Waals surface area contributed by atoms with Crippen molar-refractivity contribution in [3.8, 4) is 0 Å². The molecule has 0 unspecified atom stereocenters. The van der Waals surface area contributed by atoms with E-state index in [1.165, 1.54) is 22.9 Å². The van der Waals surface area contributed by atoms with Gasteiger partial charge in [0.2, 0.25) is 0 Å². The summed E-state index contributed by atoms with van der Waals surface area (Å²) in [4.78, 5) is 14.7. The van der Waals surface area contributed by atoms with E-state index < -0.39 is 5.97 Å². The van der Waals surface area contributed by atoms with E-state index in [0.717, 1.165) is 0 Å². The summed E-state index contributed by atoms with van der Waals surface area (Å²) in [5.74, 6) is -0.998. The van der Waals surface area contributed by atoms with Crippen molar-refractivity contribution < 1.29 is 9.90 Å². The molecule has 0 radical (unpaired) electrons. The maximum Gasteiger partial charge on any atom is 0.337 e. The van der Waals surface area contributed by atoms with E-state index in [-0.39, 0.29) is 5.56 Å². The number of carboxylic acids is 1. The zero-order valence-corrected chi connectivity index (χ0v) is 9.08. The molecule has 0 aliphatic rings. The second kappa shape index (κ2) is 3.25. The minimum absolute atomic E-state index is 0.164. The van der Waals surface area contributed by atoms with Gasteiger partial charge < -0.3 is 5.11 Å². The van der Waals surface area contributed by atoms with Gasteiger partial charge in [-0.05, 0) is 22.0 Å². The van der Waals surface area contributed by atoms with Crippen LogP contribution in [0.4, 0.5) is 0 Å². The van der Waals surface area contributed by atoms with Crippen LogP contribution in [-0.2, 0) is 0 Å². The average molecular weight is 275 g/mol. The molecule has 4 nitrogen and oxygen atoms in total. The molecule has 2 rings (SSSR count). The molecule has 0 fully saturated rings. The first kappa shape index (κ1) is 9.48. The van der Waals surface area contributed by atoms with Crippen LogP contribution in [0, 0.1) is 0 Å². The molecule has 72 valence electrons. The van der Waals surface area contributed by atoms with Crippen LogP contribution in [0.1, 0.15) is 10.4 Å². The monoisotopic (exact) mass is 274 g/mol. The van der Waals surface area contributed by atoms with Crippen LogP contribution in [-0.4, -0.2) is 20.5 Å². The third-order valence-electron chi connectivity index (χ3n) is 1.77. The molecule has 0 aliphatic heterocycles. The van der Waals surface area contributed by atoms with E-state index in [1.54, 1.807) is 0 Å². The number of rotatable bonds is 1. The van der Waals surface area contributed by atoms with Gasteiger partial charge in [0.05, 0.1) is 10.0 Å². The van der Waals surface area contributed by atoms with Crippen molar-refractivity contribution in [2.24, 2.45) is 0 Å². The second-order valence-electron chi connectivity index (χ2n) is 2.66. The van der Waals surface area contributed by atoms with Gasteiger partial charge in [-0.3, -0.25) is 4.40 Å². The summed E-state index contributed by atoms with van der Waals surface area (Å²) >= 11 is 9.13. The number of aromatic nitrogens is 2. The van der Waals surface area contributed by atoms with Crippen LogP contribution < -0.4 is 0 Å². The highest BCUT2D eigenvalue weighted by atomic mass is 79.9. The number of carbonyl (C=O) groups is 1. The van der Waals surface area contributed by atoms with Crippen molar-refractivity contribution in [3.63, 3.8) is 0 Å². The van der Waals surface area contributed by atoms with E-state index in [9.17, 15) is 4.79 Å². The Morgan fingerprint density at radius 1 is 1.64 bits per heavy atom. The summed E-state index contributed by atoms with van der Waals surface area (Å²) in [5.41, 5.74) is 0.674. The SMILES string of the molecule is O=C(O)c1cc2ncc(Br)c(Cl)n2c1. The van der Waals surface area contributed by atoms with Gasteiger partial charge in [0.1, 0.15) is 10.8 Å². The molecule has 2 aromatic heterocycles. The zero-order valence-electron chi connectivity index (χ0n) is 6.74. The number of fused-ring (bicyclic) bond motifs is 1. The molecule has 0 saturated heterocycles. The summed E-state index contributed by atoms with van der Waals surface area (Å²) in [6.07, 6.45) is 2.96. The Balaban J connectivity index is 2.77. The number of nitrogens with zero attached hydrogens (tertiary/aromatic N) is 2. The van der Waals surface area contributed by atoms with E-state index in [0.29, 0.717) is 15.3 Å². The summed E-state index contributed by atoms with van der Waals surface area (Å²) < 4.78 is 2.13. The Hall–Kier alpha value is -1.07. The molecule has 0 spiro atoms. The van der Waals surface area contributed by atoms with Crippen LogP contribution in [0.3, 0.4) is 0 Å².